The van der Waals surface area contributed by atoms with Crippen LogP contribution in [-0.4, -0.2) is 24.5 Å². The molecule has 0 aliphatic rings. The monoisotopic (exact) mass is 220 g/mol. The minimum atomic E-state index is 0.741. The molecule has 16 heavy (non-hydrogen) atoms. The second-order valence-electron chi connectivity index (χ2n) is 4.49. The van der Waals surface area contributed by atoms with Gasteiger partial charge in [-0.25, -0.2) is 0 Å². The number of hydrogen-bond donors (Lipinski definition) is 1. The van der Waals surface area contributed by atoms with Crippen LogP contribution in [-0.2, 0) is 6.54 Å². The highest BCUT2D eigenvalue weighted by atomic mass is 15.1. The van der Waals surface area contributed by atoms with Crippen LogP contribution in [0, 0.1) is 13.8 Å². The number of rotatable bonds is 6. The van der Waals surface area contributed by atoms with E-state index in [1.165, 1.54) is 23.1 Å². The Bertz CT molecular complexity index is 315. The van der Waals surface area contributed by atoms with Gasteiger partial charge < -0.3 is 5.73 Å². The van der Waals surface area contributed by atoms with Crippen LogP contribution in [0.4, 0.5) is 0 Å². The number of aryl methyl sites for hydroxylation is 2. The van der Waals surface area contributed by atoms with E-state index in [9.17, 15) is 0 Å². The topological polar surface area (TPSA) is 29.3 Å². The van der Waals surface area contributed by atoms with Crippen molar-refractivity contribution in [2.75, 3.05) is 19.6 Å². The lowest BCUT2D eigenvalue weighted by atomic mass is 10.1. The van der Waals surface area contributed by atoms with Crippen LogP contribution in [0.5, 0.6) is 0 Å². The summed E-state index contributed by atoms with van der Waals surface area (Å²) in [7, 11) is 0. The molecule has 0 fully saturated rings. The summed E-state index contributed by atoms with van der Waals surface area (Å²) in [4.78, 5) is 2.43. The molecule has 1 aromatic rings. The van der Waals surface area contributed by atoms with Gasteiger partial charge in [0.1, 0.15) is 0 Å². The van der Waals surface area contributed by atoms with E-state index in [0.29, 0.717) is 0 Å². The first-order valence-corrected chi connectivity index (χ1v) is 6.16. The number of nitrogens with zero attached hydrogens (tertiary/aromatic N) is 1. The molecule has 0 aliphatic heterocycles. The molecule has 1 rings (SSSR count). The molecule has 0 atom stereocenters. The maximum atomic E-state index is 5.64. The van der Waals surface area contributed by atoms with Crippen LogP contribution >= 0.6 is 0 Å². The fraction of sp³-hybridized carbons (Fsp3) is 0.571. The van der Waals surface area contributed by atoms with E-state index in [1.54, 1.807) is 0 Å². The molecular weight excluding hydrogens is 196 g/mol. The van der Waals surface area contributed by atoms with Crippen LogP contribution < -0.4 is 5.73 Å². The van der Waals surface area contributed by atoms with Crippen molar-refractivity contribution in [1.29, 1.82) is 0 Å². The highest BCUT2D eigenvalue weighted by Gasteiger charge is 2.06. The lowest BCUT2D eigenvalue weighted by Gasteiger charge is -2.22. The third kappa shape index (κ3) is 3.95. The van der Waals surface area contributed by atoms with Gasteiger partial charge in [0.05, 0.1) is 0 Å². The summed E-state index contributed by atoms with van der Waals surface area (Å²) < 4.78 is 0. The van der Waals surface area contributed by atoms with Crippen molar-refractivity contribution < 1.29 is 0 Å². The lowest BCUT2D eigenvalue weighted by Crippen LogP contribution is -2.30. The summed E-state index contributed by atoms with van der Waals surface area (Å²) in [5.74, 6) is 0. The van der Waals surface area contributed by atoms with Gasteiger partial charge in [-0.05, 0) is 37.9 Å². The minimum absolute atomic E-state index is 0.741. The van der Waals surface area contributed by atoms with Crippen molar-refractivity contribution in [3.05, 3.63) is 34.9 Å². The van der Waals surface area contributed by atoms with E-state index in [2.05, 4.69) is 43.9 Å². The first-order chi connectivity index (χ1) is 7.67. The van der Waals surface area contributed by atoms with E-state index in [-0.39, 0.29) is 0 Å². The Kier molecular flexibility index (Phi) is 5.50. The zero-order chi connectivity index (χ0) is 12.0. The quantitative estimate of drug-likeness (QED) is 0.798. The molecule has 0 radical (unpaired) electrons. The minimum Gasteiger partial charge on any atom is -0.329 e. The summed E-state index contributed by atoms with van der Waals surface area (Å²) in [5, 5.41) is 0. The van der Waals surface area contributed by atoms with Crippen LogP contribution in [0.25, 0.3) is 0 Å². The Hall–Kier alpha value is -0.860. The van der Waals surface area contributed by atoms with Gasteiger partial charge in [0, 0.05) is 19.6 Å². The Labute approximate surface area is 99.5 Å². The van der Waals surface area contributed by atoms with Crippen molar-refractivity contribution >= 4 is 0 Å². The van der Waals surface area contributed by atoms with Crippen LogP contribution in [0.1, 0.15) is 30.0 Å². The fourth-order valence-corrected chi connectivity index (χ4v) is 1.98. The van der Waals surface area contributed by atoms with Crippen molar-refractivity contribution in [2.24, 2.45) is 5.73 Å². The van der Waals surface area contributed by atoms with Crippen molar-refractivity contribution in [3.63, 3.8) is 0 Å². The predicted octanol–water partition coefficient (Wildman–Crippen LogP) is 2.47. The fourth-order valence-electron chi connectivity index (χ4n) is 1.98. The lowest BCUT2D eigenvalue weighted by molar-refractivity contribution is 0.273. The maximum absolute atomic E-state index is 5.64. The second-order valence-corrected chi connectivity index (χ2v) is 4.49. The molecule has 0 saturated heterocycles. The Morgan fingerprint density at radius 1 is 1.19 bits per heavy atom. The second kappa shape index (κ2) is 6.66. The van der Waals surface area contributed by atoms with Crippen LogP contribution in [0.15, 0.2) is 18.2 Å². The van der Waals surface area contributed by atoms with Gasteiger partial charge in [-0.3, -0.25) is 4.90 Å². The standard InChI is InChI=1S/C14H24N2/c1-4-8-16(9-7-15)11-14-10-12(2)5-6-13(14)3/h5-6,10H,4,7-9,11,15H2,1-3H3. The summed E-state index contributed by atoms with van der Waals surface area (Å²) in [6, 6.07) is 6.66. The molecule has 0 aromatic heterocycles. The van der Waals surface area contributed by atoms with Gasteiger partial charge >= 0.3 is 0 Å². The SMILES string of the molecule is CCCN(CCN)Cc1cc(C)ccc1C. The molecule has 0 spiro atoms. The predicted molar refractivity (Wildman–Crippen MR) is 70.5 cm³/mol. The number of nitrogens with two attached hydrogens (primary N) is 1. The highest BCUT2D eigenvalue weighted by Crippen LogP contribution is 2.13. The first kappa shape index (κ1) is 13.2. The summed E-state index contributed by atoms with van der Waals surface area (Å²) >= 11 is 0. The normalized spacial score (nSPS) is 11.1. The van der Waals surface area contributed by atoms with Gasteiger partial charge in [0.15, 0.2) is 0 Å². The molecule has 0 aliphatic carbocycles. The number of benzene rings is 1. The molecule has 2 heteroatoms. The Morgan fingerprint density at radius 3 is 2.56 bits per heavy atom. The zero-order valence-corrected chi connectivity index (χ0v) is 10.8. The molecule has 0 bridgehead atoms. The van der Waals surface area contributed by atoms with Gasteiger partial charge in [-0.1, -0.05) is 30.7 Å². The average Bonchev–Trinajstić information content (AvgIpc) is 2.24. The molecule has 90 valence electrons. The van der Waals surface area contributed by atoms with Gasteiger partial charge in [0.25, 0.3) is 0 Å². The molecule has 0 saturated carbocycles. The van der Waals surface area contributed by atoms with Crippen molar-refractivity contribution in [1.82, 2.24) is 4.90 Å². The summed E-state index contributed by atoms with van der Waals surface area (Å²) in [6.07, 6.45) is 1.19. The Morgan fingerprint density at radius 2 is 1.94 bits per heavy atom. The zero-order valence-electron chi connectivity index (χ0n) is 10.8. The molecule has 0 amide bonds. The van der Waals surface area contributed by atoms with E-state index in [1.807, 2.05) is 0 Å². The van der Waals surface area contributed by atoms with E-state index < -0.39 is 0 Å². The van der Waals surface area contributed by atoms with Gasteiger partial charge in [0.2, 0.25) is 0 Å². The summed E-state index contributed by atoms with van der Waals surface area (Å²) in [5.41, 5.74) is 9.79. The average molecular weight is 220 g/mol. The van der Waals surface area contributed by atoms with Gasteiger partial charge in [-0.2, -0.15) is 0 Å². The molecule has 0 unspecified atom stereocenters. The van der Waals surface area contributed by atoms with Crippen LogP contribution in [0.3, 0.4) is 0 Å². The number of hydrogen-bond acceptors (Lipinski definition) is 2. The summed E-state index contributed by atoms with van der Waals surface area (Å²) in [6.45, 7) is 10.4. The van der Waals surface area contributed by atoms with E-state index in [4.69, 9.17) is 5.73 Å². The smallest absolute Gasteiger partial charge is 0.0236 e. The molecule has 1 aromatic carbocycles. The third-order valence-electron chi connectivity index (χ3n) is 2.88. The van der Waals surface area contributed by atoms with Crippen molar-refractivity contribution in [3.8, 4) is 0 Å². The highest BCUT2D eigenvalue weighted by molar-refractivity contribution is 5.30. The molecule has 0 heterocycles. The van der Waals surface area contributed by atoms with E-state index >= 15 is 0 Å². The maximum Gasteiger partial charge on any atom is 0.0236 e. The van der Waals surface area contributed by atoms with Crippen LogP contribution in [0.2, 0.25) is 0 Å². The molecule has 2 N–H and O–H groups in total. The largest absolute Gasteiger partial charge is 0.329 e. The Balaban J connectivity index is 2.71. The van der Waals surface area contributed by atoms with Gasteiger partial charge in [-0.15, -0.1) is 0 Å². The molecular formula is C14H24N2. The first-order valence-electron chi connectivity index (χ1n) is 6.16. The van der Waals surface area contributed by atoms with Crippen molar-refractivity contribution in [2.45, 2.75) is 33.7 Å². The third-order valence-corrected chi connectivity index (χ3v) is 2.88. The molecule has 2 nitrogen and oxygen atoms in total. The van der Waals surface area contributed by atoms with E-state index in [0.717, 1.165) is 26.2 Å².